The van der Waals surface area contributed by atoms with E-state index in [1.165, 1.54) is 12.3 Å². The maximum absolute atomic E-state index is 11.6. The number of methoxy groups -OCH3 is 1. The molecule has 0 spiro atoms. The predicted octanol–water partition coefficient (Wildman–Crippen LogP) is 4.59. The number of aromatic carboxylic acids is 1. The molecule has 0 aliphatic rings. The number of anilines is 2. The molecule has 32 heavy (non-hydrogen) atoms. The number of nitrogens with one attached hydrogen (secondary N) is 1. The number of benzene rings is 2. The van der Waals surface area contributed by atoms with Gasteiger partial charge in [0.1, 0.15) is 11.3 Å². The average Bonchev–Trinajstić information content (AvgIpc) is 3.37. The normalized spacial score (nSPS) is 11.2. The lowest BCUT2D eigenvalue weighted by Crippen LogP contribution is -2.10. The van der Waals surface area contributed by atoms with Crippen LogP contribution in [0.4, 0.5) is 11.4 Å². The summed E-state index contributed by atoms with van der Waals surface area (Å²) in [5.41, 5.74) is 5.64. The van der Waals surface area contributed by atoms with Gasteiger partial charge in [0.25, 0.3) is 0 Å². The molecule has 0 unspecified atom stereocenters. The second kappa shape index (κ2) is 7.42. The van der Waals surface area contributed by atoms with Crippen LogP contribution in [0.2, 0.25) is 0 Å². The summed E-state index contributed by atoms with van der Waals surface area (Å²) >= 11 is 0. The van der Waals surface area contributed by atoms with Gasteiger partial charge in [0, 0.05) is 37.4 Å². The van der Waals surface area contributed by atoms with Crippen LogP contribution in [0.1, 0.15) is 10.4 Å². The van der Waals surface area contributed by atoms with Crippen molar-refractivity contribution in [3.63, 3.8) is 0 Å². The topological polar surface area (TPSA) is 96.3 Å². The molecule has 0 atom stereocenters. The first-order valence-corrected chi connectivity index (χ1v) is 10.0. The standard InChI is InChI=1S/C24H21N5O3/c1-28(14-6-4-7-15(12-14)32-3)20-9-5-8-16-22(20)27-29(2)23(16)19-13-18-21(26-19)17(24(30)31)10-11-25-18/h4-13,26H,1-3H3,(H,30,31). The van der Waals surface area contributed by atoms with Crippen LogP contribution in [0.3, 0.4) is 0 Å². The summed E-state index contributed by atoms with van der Waals surface area (Å²) in [5.74, 6) is -0.217. The molecule has 0 aliphatic carbocycles. The molecule has 160 valence electrons. The Labute approximate surface area is 183 Å². The number of fused-ring (bicyclic) bond motifs is 2. The van der Waals surface area contributed by atoms with Gasteiger partial charge in [0.15, 0.2) is 0 Å². The minimum absolute atomic E-state index is 0.186. The largest absolute Gasteiger partial charge is 0.497 e. The molecule has 0 fully saturated rings. The molecule has 0 bridgehead atoms. The highest BCUT2D eigenvalue weighted by atomic mass is 16.5. The average molecular weight is 427 g/mol. The van der Waals surface area contributed by atoms with Gasteiger partial charge in [-0.25, -0.2) is 4.79 Å². The third-order valence-electron chi connectivity index (χ3n) is 5.65. The number of H-pyrrole nitrogens is 1. The van der Waals surface area contributed by atoms with Gasteiger partial charge in [-0.15, -0.1) is 0 Å². The first kappa shape index (κ1) is 19.6. The smallest absolute Gasteiger partial charge is 0.337 e. The van der Waals surface area contributed by atoms with E-state index in [0.29, 0.717) is 11.0 Å². The van der Waals surface area contributed by atoms with Crippen LogP contribution in [0.15, 0.2) is 60.8 Å². The number of carboxylic acids is 1. The Bertz CT molecular complexity index is 1480. The summed E-state index contributed by atoms with van der Waals surface area (Å²) in [4.78, 5) is 21.2. The van der Waals surface area contributed by atoms with Gasteiger partial charge in [-0.05, 0) is 30.3 Å². The molecule has 2 aromatic carbocycles. The monoisotopic (exact) mass is 427 g/mol. The maximum Gasteiger partial charge on any atom is 0.337 e. The summed E-state index contributed by atoms with van der Waals surface area (Å²) < 4.78 is 7.17. The zero-order valence-corrected chi connectivity index (χ0v) is 17.8. The number of aromatic nitrogens is 4. The minimum Gasteiger partial charge on any atom is -0.497 e. The Hall–Kier alpha value is -4.33. The quantitative estimate of drug-likeness (QED) is 0.426. The summed E-state index contributed by atoms with van der Waals surface area (Å²) in [6.45, 7) is 0. The van der Waals surface area contributed by atoms with Crippen molar-refractivity contribution in [2.75, 3.05) is 19.1 Å². The van der Waals surface area contributed by atoms with Crippen LogP contribution in [-0.4, -0.2) is 45.0 Å². The lowest BCUT2D eigenvalue weighted by molar-refractivity contribution is 0.0698. The van der Waals surface area contributed by atoms with E-state index in [-0.39, 0.29) is 5.56 Å². The number of carboxylic acid groups (broad SMARTS) is 1. The molecule has 2 N–H and O–H groups in total. The number of aromatic amines is 1. The number of hydrogen-bond acceptors (Lipinski definition) is 5. The molecule has 3 aromatic heterocycles. The summed E-state index contributed by atoms with van der Waals surface area (Å²) in [7, 11) is 5.52. The van der Waals surface area contributed by atoms with Crippen molar-refractivity contribution in [1.82, 2.24) is 19.7 Å². The van der Waals surface area contributed by atoms with Crippen LogP contribution >= 0.6 is 0 Å². The van der Waals surface area contributed by atoms with Gasteiger partial charge in [-0.3, -0.25) is 9.67 Å². The maximum atomic E-state index is 11.6. The number of rotatable bonds is 5. The van der Waals surface area contributed by atoms with Gasteiger partial charge in [0.2, 0.25) is 0 Å². The Morgan fingerprint density at radius 3 is 2.75 bits per heavy atom. The van der Waals surface area contributed by atoms with E-state index in [0.717, 1.165) is 39.4 Å². The van der Waals surface area contributed by atoms with Crippen LogP contribution in [-0.2, 0) is 7.05 Å². The molecule has 0 amide bonds. The molecular weight excluding hydrogens is 406 g/mol. The van der Waals surface area contributed by atoms with E-state index in [2.05, 4.69) is 14.9 Å². The van der Waals surface area contributed by atoms with E-state index in [1.807, 2.05) is 62.6 Å². The van der Waals surface area contributed by atoms with Crippen molar-refractivity contribution < 1.29 is 14.6 Å². The number of aryl methyl sites for hydroxylation is 1. The Morgan fingerprint density at radius 1 is 1.16 bits per heavy atom. The highest BCUT2D eigenvalue weighted by molar-refractivity contribution is 6.05. The molecule has 5 rings (SSSR count). The summed E-state index contributed by atoms with van der Waals surface area (Å²) in [6.07, 6.45) is 1.51. The molecule has 0 aliphatic heterocycles. The molecular formula is C24H21N5O3. The first-order valence-electron chi connectivity index (χ1n) is 10.0. The van der Waals surface area contributed by atoms with Crippen molar-refractivity contribution in [2.24, 2.45) is 7.05 Å². The predicted molar refractivity (Wildman–Crippen MR) is 124 cm³/mol. The number of nitrogens with zero attached hydrogens (tertiary/aromatic N) is 4. The van der Waals surface area contributed by atoms with Crippen LogP contribution in [0.25, 0.3) is 33.3 Å². The fraction of sp³-hybridized carbons (Fsp3) is 0.125. The third kappa shape index (κ3) is 3.04. The molecule has 5 aromatic rings. The first-order chi connectivity index (χ1) is 15.5. The van der Waals surface area contributed by atoms with Gasteiger partial charge < -0.3 is 19.7 Å². The van der Waals surface area contributed by atoms with E-state index in [1.54, 1.807) is 11.8 Å². The lowest BCUT2D eigenvalue weighted by Gasteiger charge is -2.20. The minimum atomic E-state index is -0.997. The summed E-state index contributed by atoms with van der Waals surface area (Å²) in [5, 5.41) is 15.3. The SMILES string of the molecule is COc1cccc(N(C)c2cccc3c(-c4cc5nccc(C(=O)O)c5[nH]4)n(C)nc23)c1. The van der Waals surface area contributed by atoms with Gasteiger partial charge in [-0.2, -0.15) is 5.10 Å². The number of pyridine rings is 1. The van der Waals surface area contributed by atoms with Crippen molar-refractivity contribution in [3.05, 3.63) is 66.4 Å². The fourth-order valence-corrected chi connectivity index (χ4v) is 4.08. The second-order valence-corrected chi connectivity index (χ2v) is 7.51. The van der Waals surface area contributed by atoms with Gasteiger partial charge in [-0.1, -0.05) is 18.2 Å². The van der Waals surface area contributed by atoms with Gasteiger partial charge >= 0.3 is 5.97 Å². The highest BCUT2D eigenvalue weighted by Gasteiger charge is 2.20. The zero-order valence-electron chi connectivity index (χ0n) is 17.8. The van der Waals surface area contributed by atoms with E-state index >= 15 is 0 Å². The van der Waals surface area contributed by atoms with Crippen LogP contribution in [0.5, 0.6) is 5.75 Å². The Morgan fingerprint density at radius 2 is 1.97 bits per heavy atom. The lowest BCUT2D eigenvalue weighted by atomic mass is 10.1. The Balaban J connectivity index is 1.67. The molecule has 0 saturated heterocycles. The van der Waals surface area contributed by atoms with Crippen molar-refractivity contribution >= 4 is 39.3 Å². The number of carbonyl (C=O) groups is 1. The third-order valence-corrected chi connectivity index (χ3v) is 5.65. The van der Waals surface area contributed by atoms with E-state index in [9.17, 15) is 9.90 Å². The van der Waals surface area contributed by atoms with Gasteiger partial charge in [0.05, 0.1) is 40.8 Å². The molecule has 0 radical (unpaired) electrons. The van der Waals surface area contributed by atoms with E-state index < -0.39 is 5.97 Å². The van der Waals surface area contributed by atoms with Crippen LogP contribution in [0, 0.1) is 0 Å². The molecule has 8 nitrogen and oxygen atoms in total. The molecule has 3 heterocycles. The molecule has 0 saturated carbocycles. The second-order valence-electron chi connectivity index (χ2n) is 7.51. The number of ether oxygens (including phenoxy) is 1. The zero-order chi connectivity index (χ0) is 22.4. The molecule has 8 heteroatoms. The number of hydrogen-bond donors (Lipinski definition) is 2. The van der Waals surface area contributed by atoms with Crippen molar-refractivity contribution in [3.8, 4) is 17.1 Å². The Kier molecular flexibility index (Phi) is 4.55. The highest BCUT2D eigenvalue weighted by Crippen LogP contribution is 2.37. The van der Waals surface area contributed by atoms with E-state index in [4.69, 9.17) is 9.84 Å². The fourth-order valence-electron chi connectivity index (χ4n) is 4.08. The summed E-state index contributed by atoms with van der Waals surface area (Å²) in [6, 6.07) is 17.2. The van der Waals surface area contributed by atoms with Crippen molar-refractivity contribution in [2.45, 2.75) is 0 Å². The van der Waals surface area contributed by atoms with Crippen LogP contribution < -0.4 is 9.64 Å². The van der Waals surface area contributed by atoms with Crippen molar-refractivity contribution in [1.29, 1.82) is 0 Å².